The van der Waals surface area contributed by atoms with Gasteiger partial charge < -0.3 is 20.1 Å². The van der Waals surface area contributed by atoms with Crippen molar-refractivity contribution >= 4 is 11.6 Å². The second-order valence-corrected chi connectivity index (χ2v) is 6.23. The van der Waals surface area contributed by atoms with Crippen molar-refractivity contribution in [2.75, 3.05) is 25.5 Å². The predicted molar refractivity (Wildman–Crippen MR) is 111 cm³/mol. The number of ether oxygens (including phenoxy) is 2. The summed E-state index contributed by atoms with van der Waals surface area (Å²) in [6, 6.07) is 24.8. The Hall–Kier alpha value is -3.31. The lowest BCUT2D eigenvalue weighted by molar-refractivity contribution is -0.115. The fourth-order valence-electron chi connectivity index (χ4n) is 2.70. The highest BCUT2D eigenvalue weighted by Crippen LogP contribution is 2.28. The molecule has 3 rings (SSSR count). The molecule has 1 amide bonds. The van der Waals surface area contributed by atoms with Crippen molar-refractivity contribution in [2.24, 2.45) is 0 Å². The van der Waals surface area contributed by atoms with Crippen molar-refractivity contribution in [2.45, 2.75) is 6.42 Å². The fraction of sp³-hybridized carbons (Fsp3) is 0.174. The Bertz CT molecular complexity index is 880. The molecule has 3 aromatic carbocycles. The van der Waals surface area contributed by atoms with Gasteiger partial charge >= 0.3 is 0 Å². The zero-order valence-corrected chi connectivity index (χ0v) is 15.9. The number of methoxy groups -OCH3 is 1. The van der Waals surface area contributed by atoms with Crippen LogP contribution < -0.4 is 20.1 Å². The van der Waals surface area contributed by atoms with E-state index in [2.05, 4.69) is 10.6 Å². The van der Waals surface area contributed by atoms with Crippen LogP contribution in [0, 0.1) is 0 Å². The molecule has 0 bridgehead atoms. The summed E-state index contributed by atoms with van der Waals surface area (Å²) < 4.78 is 11.0. The van der Waals surface area contributed by atoms with Crippen LogP contribution in [0.1, 0.15) is 5.56 Å². The van der Waals surface area contributed by atoms with Crippen molar-refractivity contribution < 1.29 is 14.3 Å². The largest absolute Gasteiger partial charge is 0.497 e. The van der Waals surface area contributed by atoms with Crippen molar-refractivity contribution in [1.82, 2.24) is 5.32 Å². The zero-order chi connectivity index (χ0) is 19.6. The number of hydrogen-bond donors (Lipinski definition) is 2. The van der Waals surface area contributed by atoms with Gasteiger partial charge in [-0.25, -0.2) is 0 Å². The molecule has 5 nitrogen and oxygen atoms in total. The van der Waals surface area contributed by atoms with Gasteiger partial charge in [0.05, 0.1) is 19.3 Å². The average molecular weight is 376 g/mol. The lowest BCUT2D eigenvalue weighted by atomic mass is 10.1. The summed E-state index contributed by atoms with van der Waals surface area (Å²) in [7, 11) is 1.65. The van der Waals surface area contributed by atoms with Gasteiger partial charge in [0.1, 0.15) is 11.5 Å². The van der Waals surface area contributed by atoms with Gasteiger partial charge in [-0.15, -0.1) is 0 Å². The molecule has 5 heteroatoms. The molecule has 0 heterocycles. The molecule has 0 atom stereocenters. The molecule has 2 N–H and O–H groups in total. The molecule has 28 heavy (non-hydrogen) atoms. The second-order valence-electron chi connectivity index (χ2n) is 6.23. The van der Waals surface area contributed by atoms with Crippen molar-refractivity contribution in [3.05, 3.63) is 84.4 Å². The quantitative estimate of drug-likeness (QED) is 0.548. The van der Waals surface area contributed by atoms with Crippen LogP contribution in [-0.4, -0.2) is 26.1 Å². The Labute approximate surface area is 165 Å². The van der Waals surface area contributed by atoms with Crippen LogP contribution in [0.25, 0.3) is 0 Å². The summed E-state index contributed by atoms with van der Waals surface area (Å²) in [5, 5.41) is 6.07. The molecule has 0 aliphatic carbocycles. The topological polar surface area (TPSA) is 59.6 Å². The minimum atomic E-state index is -0.112. The van der Waals surface area contributed by atoms with Gasteiger partial charge in [0, 0.05) is 0 Å². The summed E-state index contributed by atoms with van der Waals surface area (Å²) in [6.07, 6.45) is 0.838. The molecule has 3 aromatic rings. The van der Waals surface area contributed by atoms with Gasteiger partial charge in [0.15, 0.2) is 5.75 Å². The van der Waals surface area contributed by atoms with Gasteiger partial charge in [-0.2, -0.15) is 0 Å². The van der Waals surface area contributed by atoms with E-state index in [1.807, 2.05) is 78.9 Å². The number of amides is 1. The standard InChI is InChI=1S/C23H24N2O3/c1-27-19-13-11-18(12-14-19)15-16-24-17-23(26)25-21-9-5-6-10-22(21)28-20-7-3-2-4-8-20/h2-14,24H,15-17H2,1H3,(H,25,26). The van der Waals surface area contributed by atoms with E-state index < -0.39 is 0 Å². The number of carbonyl (C=O) groups excluding carboxylic acids is 1. The molecule has 0 saturated carbocycles. The van der Waals surface area contributed by atoms with E-state index in [9.17, 15) is 4.79 Å². The Balaban J connectivity index is 1.47. The third-order valence-corrected chi connectivity index (χ3v) is 4.17. The van der Waals surface area contributed by atoms with E-state index in [4.69, 9.17) is 9.47 Å². The zero-order valence-electron chi connectivity index (χ0n) is 15.9. The summed E-state index contributed by atoms with van der Waals surface area (Å²) in [6.45, 7) is 0.942. The number of anilines is 1. The molecule has 0 aliphatic heterocycles. The molecule has 0 fully saturated rings. The first-order chi connectivity index (χ1) is 13.7. The summed E-state index contributed by atoms with van der Waals surface area (Å²) in [4.78, 5) is 12.3. The van der Waals surface area contributed by atoms with Crippen LogP contribution in [0.4, 0.5) is 5.69 Å². The normalized spacial score (nSPS) is 10.3. The molecule has 0 aromatic heterocycles. The Morgan fingerprint density at radius 1 is 0.857 bits per heavy atom. The van der Waals surface area contributed by atoms with E-state index in [0.29, 0.717) is 18.0 Å². The summed E-state index contributed by atoms with van der Waals surface area (Å²) in [5.41, 5.74) is 1.84. The van der Waals surface area contributed by atoms with Crippen LogP contribution in [-0.2, 0) is 11.2 Å². The minimum Gasteiger partial charge on any atom is -0.497 e. The van der Waals surface area contributed by atoms with Gasteiger partial charge in [-0.05, 0) is 54.9 Å². The van der Waals surface area contributed by atoms with Crippen molar-refractivity contribution in [1.29, 1.82) is 0 Å². The lowest BCUT2D eigenvalue weighted by Gasteiger charge is -2.12. The first kappa shape index (κ1) is 19.5. The van der Waals surface area contributed by atoms with Crippen LogP contribution in [0.2, 0.25) is 0 Å². The van der Waals surface area contributed by atoms with Crippen LogP contribution >= 0.6 is 0 Å². The summed E-state index contributed by atoms with van der Waals surface area (Å²) in [5.74, 6) is 2.06. The molecule has 0 saturated heterocycles. The number of carbonyl (C=O) groups is 1. The third-order valence-electron chi connectivity index (χ3n) is 4.17. The molecule has 0 spiro atoms. The number of benzene rings is 3. The van der Waals surface area contributed by atoms with Crippen LogP contribution in [0.15, 0.2) is 78.9 Å². The molecular weight excluding hydrogens is 352 g/mol. The van der Waals surface area contributed by atoms with E-state index in [0.717, 1.165) is 17.9 Å². The van der Waals surface area contributed by atoms with E-state index in [1.54, 1.807) is 7.11 Å². The summed E-state index contributed by atoms with van der Waals surface area (Å²) >= 11 is 0. The molecule has 0 unspecified atom stereocenters. The van der Waals surface area contributed by atoms with Crippen molar-refractivity contribution in [3.8, 4) is 17.2 Å². The monoisotopic (exact) mass is 376 g/mol. The predicted octanol–water partition coefficient (Wildman–Crippen LogP) is 4.26. The van der Waals surface area contributed by atoms with Crippen LogP contribution in [0.3, 0.4) is 0 Å². The maximum absolute atomic E-state index is 12.3. The number of rotatable bonds is 9. The highest BCUT2D eigenvalue weighted by molar-refractivity contribution is 5.93. The van der Waals surface area contributed by atoms with E-state index in [1.165, 1.54) is 5.56 Å². The second kappa shape index (κ2) is 10.1. The van der Waals surface area contributed by atoms with E-state index in [-0.39, 0.29) is 12.5 Å². The van der Waals surface area contributed by atoms with Crippen molar-refractivity contribution in [3.63, 3.8) is 0 Å². The molecule has 0 radical (unpaired) electrons. The maximum atomic E-state index is 12.3. The van der Waals surface area contributed by atoms with Gasteiger partial charge in [-0.3, -0.25) is 4.79 Å². The first-order valence-corrected chi connectivity index (χ1v) is 9.20. The average Bonchev–Trinajstić information content (AvgIpc) is 2.74. The van der Waals surface area contributed by atoms with Crippen LogP contribution in [0.5, 0.6) is 17.2 Å². The molecule has 0 aliphatic rings. The van der Waals surface area contributed by atoms with E-state index >= 15 is 0 Å². The number of hydrogen-bond acceptors (Lipinski definition) is 4. The highest BCUT2D eigenvalue weighted by atomic mass is 16.5. The SMILES string of the molecule is COc1ccc(CCNCC(=O)Nc2ccccc2Oc2ccccc2)cc1. The molecule has 144 valence electrons. The molecular formula is C23H24N2O3. The third kappa shape index (κ3) is 5.86. The number of para-hydroxylation sites is 3. The fourth-order valence-corrected chi connectivity index (χ4v) is 2.70. The van der Waals surface area contributed by atoms with Gasteiger partial charge in [0.2, 0.25) is 5.91 Å². The van der Waals surface area contributed by atoms with Gasteiger partial charge in [-0.1, -0.05) is 42.5 Å². The first-order valence-electron chi connectivity index (χ1n) is 9.20. The smallest absolute Gasteiger partial charge is 0.238 e. The Morgan fingerprint density at radius 3 is 2.32 bits per heavy atom. The maximum Gasteiger partial charge on any atom is 0.238 e. The van der Waals surface area contributed by atoms with Gasteiger partial charge in [0.25, 0.3) is 0 Å². The minimum absolute atomic E-state index is 0.112. The highest BCUT2D eigenvalue weighted by Gasteiger charge is 2.08. The lowest BCUT2D eigenvalue weighted by Crippen LogP contribution is -2.29. The Morgan fingerprint density at radius 2 is 1.57 bits per heavy atom. The number of nitrogens with one attached hydrogen (secondary N) is 2. The Kier molecular flexibility index (Phi) is 7.04.